The molecule has 1 aromatic carbocycles. The van der Waals surface area contributed by atoms with Crippen LogP contribution in [0.4, 0.5) is 4.79 Å². The average Bonchev–Trinajstić information content (AvgIpc) is 2.68. The highest BCUT2D eigenvalue weighted by Gasteiger charge is 2.28. The van der Waals surface area contributed by atoms with E-state index in [1.165, 1.54) is 0 Å². The van der Waals surface area contributed by atoms with Crippen molar-refractivity contribution in [2.24, 2.45) is 5.41 Å². The van der Waals surface area contributed by atoms with Gasteiger partial charge in [-0.2, -0.15) is 16.8 Å². The van der Waals surface area contributed by atoms with Crippen molar-refractivity contribution in [3.63, 3.8) is 0 Å². The lowest BCUT2D eigenvalue weighted by Gasteiger charge is -2.26. The summed E-state index contributed by atoms with van der Waals surface area (Å²) >= 11 is 0. The van der Waals surface area contributed by atoms with Crippen LogP contribution in [0.25, 0.3) is 0 Å². The molecule has 0 saturated heterocycles. The number of ketones is 1. The zero-order valence-corrected chi connectivity index (χ0v) is 22.6. The minimum Gasteiger partial charge on any atom is -0.444 e. The van der Waals surface area contributed by atoms with Gasteiger partial charge in [-0.1, -0.05) is 44.2 Å². The zero-order chi connectivity index (χ0) is 26.9. The quantitative estimate of drug-likeness (QED) is 0.270. The second-order valence-electron chi connectivity index (χ2n) is 10.2. The van der Waals surface area contributed by atoms with Crippen LogP contribution < -0.4 is 5.32 Å². The Hall–Kier alpha value is -2.02. The Morgan fingerprint density at radius 2 is 1.60 bits per heavy atom. The summed E-state index contributed by atoms with van der Waals surface area (Å²) in [5.41, 5.74) is -0.563. The number of benzene rings is 1. The van der Waals surface area contributed by atoms with Gasteiger partial charge in [0.1, 0.15) is 5.60 Å². The molecule has 0 radical (unpaired) electrons. The van der Waals surface area contributed by atoms with E-state index in [2.05, 4.69) is 5.32 Å². The third-order valence-electron chi connectivity index (χ3n) is 4.84. The monoisotopic (exact) mass is 535 g/mol. The smallest absolute Gasteiger partial charge is 0.408 e. The number of carbonyl (C=O) groups excluding carboxylic acids is 2. The van der Waals surface area contributed by atoms with Gasteiger partial charge in [0.25, 0.3) is 20.2 Å². The summed E-state index contributed by atoms with van der Waals surface area (Å²) in [5, 5.41) is 2.64. The average molecular weight is 536 g/mol. The largest absolute Gasteiger partial charge is 0.444 e. The van der Waals surface area contributed by atoms with Crippen LogP contribution in [0.15, 0.2) is 30.3 Å². The fourth-order valence-electron chi connectivity index (χ4n) is 2.98. The van der Waals surface area contributed by atoms with Gasteiger partial charge >= 0.3 is 6.09 Å². The van der Waals surface area contributed by atoms with E-state index < -0.39 is 54.9 Å². The highest BCUT2D eigenvalue weighted by atomic mass is 32.2. The van der Waals surface area contributed by atoms with Gasteiger partial charge in [-0.3, -0.25) is 13.5 Å². The van der Waals surface area contributed by atoms with Crippen molar-refractivity contribution < 1.29 is 39.9 Å². The number of carbonyl (C=O) groups is 2. The topological polar surface area (TPSA) is 153 Å². The van der Waals surface area contributed by atoms with Gasteiger partial charge in [-0.25, -0.2) is 4.79 Å². The highest BCUT2D eigenvalue weighted by molar-refractivity contribution is 7.87. The van der Waals surface area contributed by atoms with E-state index >= 15 is 0 Å². The lowest BCUT2D eigenvalue weighted by molar-refractivity contribution is -0.121. The summed E-state index contributed by atoms with van der Waals surface area (Å²) in [6, 6.07) is 8.39. The molecular formula is C23H37NO9S2. The van der Waals surface area contributed by atoms with Crippen LogP contribution in [0.2, 0.25) is 0 Å². The standard InChI is InChI=1S/C23H37NO9S2/c1-22(2,3)33-21(26)24-19(16-18-10-7-6-8-11-18)20(25)12-13-23(4,5)17-32-35(30,31)15-9-14-34(27,28)29/h6-8,10-11,19H,9,12-17H2,1-5H3,(H,24,26)(H,27,28,29)/t19-/m0/s1. The molecule has 1 atom stereocenters. The molecule has 1 aromatic rings. The summed E-state index contributed by atoms with van der Waals surface area (Å²) < 4.78 is 64.5. The Labute approximate surface area is 208 Å². The maximum atomic E-state index is 13.0. The van der Waals surface area contributed by atoms with E-state index in [0.29, 0.717) is 0 Å². The normalized spacial score (nSPS) is 13.8. The van der Waals surface area contributed by atoms with Crippen LogP contribution in [-0.2, 0) is 40.4 Å². The summed E-state index contributed by atoms with van der Waals surface area (Å²) in [7, 11) is -8.25. The van der Waals surface area contributed by atoms with Crippen molar-refractivity contribution in [1.29, 1.82) is 0 Å². The third-order valence-corrected chi connectivity index (χ3v) is 6.91. The van der Waals surface area contributed by atoms with Crippen molar-refractivity contribution in [1.82, 2.24) is 5.32 Å². The number of ether oxygens (including phenoxy) is 1. The second-order valence-corrected chi connectivity index (χ2v) is 13.5. The molecule has 1 rings (SSSR count). The molecule has 2 N–H and O–H groups in total. The van der Waals surface area contributed by atoms with Crippen LogP contribution >= 0.6 is 0 Å². The molecule has 0 saturated carbocycles. The summed E-state index contributed by atoms with van der Waals surface area (Å²) in [6.07, 6.45) is -0.374. The van der Waals surface area contributed by atoms with Crippen molar-refractivity contribution in [3.8, 4) is 0 Å². The molecule has 0 aliphatic carbocycles. The van der Waals surface area contributed by atoms with E-state index in [1.54, 1.807) is 34.6 Å². The molecule has 200 valence electrons. The Bertz CT molecular complexity index is 1040. The van der Waals surface area contributed by atoms with Crippen molar-refractivity contribution in [2.45, 2.75) is 71.9 Å². The number of nitrogens with one attached hydrogen (secondary N) is 1. The molecule has 0 heterocycles. The van der Waals surface area contributed by atoms with Gasteiger partial charge in [0.05, 0.1) is 24.2 Å². The first-order valence-electron chi connectivity index (χ1n) is 11.3. The molecular weight excluding hydrogens is 498 g/mol. The second kappa shape index (κ2) is 12.8. The highest BCUT2D eigenvalue weighted by Crippen LogP contribution is 2.25. The number of hydrogen-bond acceptors (Lipinski definition) is 8. The summed E-state index contributed by atoms with van der Waals surface area (Å²) in [6.45, 7) is 8.43. The van der Waals surface area contributed by atoms with Crippen LogP contribution in [0.1, 0.15) is 59.4 Å². The SMILES string of the molecule is CC(C)(CCC(=O)[C@H](Cc1ccccc1)NC(=O)OC(C)(C)C)COS(=O)(=O)CCCS(=O)(=O)O. The third kappa shape index (κ3) is 14.9. The van der Waals surface area contributed by atoms with Gasteiger partial charge in [-0.15, -0.1) is 0 Å². The molecule has 10 nitrogen and oxygen atoms in total. The minimum atomic E-state index is -4.25. The predicted octanol–water partition coefficient (Wildman–Crippen LogP) is 3.12. The molecule has 12 heteroatoms. The van der Waals surface area contributed by atoms with Crippen LogP contribution in [0, 0.1) is 5.41 Å². The first kappa shape index (κ1) is 31.0. The maximum absolute atomic E-state index is 13.0. The molecule has 0 unspecified atom stereocenters. The van der Waals surface area contributed by atoms with E-state index in [9.17, 15) is 26.4 Å². The minimum absolute atomic E-state index is 0.0620. The van der Waals surface area contributed by atoms with Crippen LogP contribution in [0.5, 0.6) is 0 Å². The molecule has 0 aliphatic heterocycles. The Morgan fingerprint density at radius 1 is 1.00 bits per heavy atom. The van der Waals surface area contributed by atoms with Crippen molar-refractivity contribution in [3.05, 3.63) is 35.9 Å². The van der Waals surface area contributed by atoms with E-state index in [-0.39, 0.29) is 38.1 Å². The first-order valence-corrected chi connectivity index (χ1v) is 14.4. The van der Waals surface area contributed by atoms with Crippen LogP contribution in [0.3, 0.4) is 0 Å². The number of rotatable bonds is 14. The van der Waals surface area contributed by atoms with Gasteiger partial charge in [-0.05, 0) is 51.0 Å². The van der Waals surface area contributed by atoms with Gasteiger partial charge in [0.2, 0.25) is 0 Å². The lowest BCUT2D eigenvalue weighted by atomic mass is 9.86. The van der Waals surface area contributed by atoms with Gasteiger partial charge in [0.15, 0.2) is 5.78 Å². The number of amides is 1. The number of alkyl carbamates (subject to hydrolysis) is 1. The van der Waals surface area contributed by atoms with Crippen LogP contribution in [-0.4, -0.2) is 63.0 Å². The Morgan fingerprint density at radius 3 is 2.14 bits per heavy atom. The van der Waals surface area contributed by atoms with E-state index in [0.717, 1.165) is 5.56 Å². The van der Waals surface area contributed by atoms with E-state index in [4.69, 9.17) is 13.5 Å². The zero-order valence-electron chi connectivity index (χ0n) is 20.9. The van der Waals surface area contributed by atoms with Crippen molar-refractivity contribution in [2.75, 3.05) is 18.1 Å². The molecule has 0 bridgehead atoms. The maximum Gasteiger partial charge on any atom is 0.408 e. The fourth-order valence-corrected chi connectivity index (χ4v) is 4.79. The predicted molar refractivity (Wildman–Crippen MR) is 132 cm³/mol. The summed E-state index contributed by atoms with van der Waals surface area (Å²) in [4.78, 5) is 25.3. The molecule has 1 amide bonds. The molecule has 35 heavy (non-hydrogen) atoms. The lowest BCUT2D eigenvalue weighted by Crippen LogP contribution is -2.45. The number of hydrogen-bond donors (Lipinski definition) is 2. The molecule has 0 spiro atoms. The van der Waals surface area contributed by atoms with E-state index in [1.807, 2.05) is 30.3 Å². The Kier molecular flexibility index (Phi) is 11.3. The molecule has 0 fully saturated rings. The Balaban J connectivity index is 2.73. The van der Waals surface area contributed by atoms with Crippen molar-refractivity contribution >= 4 is 32.1 Å². The van der Waals surface area contributed by atoms with Gasteiger partial charge in [0, 0.05) is 6.42 Å². The molecule has 0 aromatic heterocycles. The summed E-state index contributed by atoms with van der Waals surface area (Å²) in [5.74, 6) is -1.47. The fraction of sp³-hybridized carbons (Fsp3) is 0.652. The first-order chi connectivity index (χ1) is 15.9. The number of Topliss-reactive ketones (excluding diaryl/α,β-unsaturated/α-hetero) is 1. The molecule has 0 aliphatic rings. The van der Waals surface area contributed by atoms with Gasteiger partial charge < -0.3 is 10.1 Å².